The summed E-state index contributed by atoms with van der Waals surface area (Å²) in [5.74, 6) is -1.98. The molecule has 2 rings (SSSR count). The van der Waals surface area contributed by atoms with Crippen LogP contribution in [-0.4, -0.2) is 15.6 Å². The molecule has 0 aliphatic heterocycles. The largest absolute Gasteiger partial charge is 0.478 e. The molecule has 0 saturated carbocycles. The van der Waals surface area contributed by atoms with Crippen LogP contribution in [0.4, 0.5) is 4.39 Å². The van der Waals surface area contributed by atoms with Crippen LogP contribution in [0.1, 0.15) is 10.4 Å². The maximum absolute atomic E-state index is 13.7. The number of carbonyl (C=O) groups is 1. The van der Waals surface area contributed by atoms with Gasteiger partial charge in [0.15, 0.2) is 5.82 Å². The van der Waals surface area contributed by atoms with Gasteiger partial charge in [0.2, 0.25) is 0 Å². The van der Waals surface area contributed by atoms with E-state index in [1.165, 1.54) is 22.8 Å². The molecule has 2 aromatic rings. The molecule has 0 fully saturated rings. The molecular weight excluding hydrogens is 197 g/mol. The molecule has 1 N–H and O–H groups in total. The number of nitrogens with zero attached hydrogens (tertiary/aromatic N) is 1. The lowest BCUT2D eigenvalue weighted by Gasteiger charge is -2.06. The molecule has 15 heavy (non-hydrogen) atoms. The van der Waals surface area contributed by atoms with Crippen LogP contribution in [0.15, 0.2) is 42.7 Å². The summed E-state index contributed by atoms with van der Waals surface area (Å²) in [6, 6.07) is 7.77. The van der Waals surface area contributed by atoms with E-state index in [0.29, 0.717) is 0 Å². The van der Waals surface area contributed by atoms with Gasteiger partial charge < -0.3 is 9.67 Å². The van der Waals surface area contributed by atoms with Gasteiger partial charge in [-0.05, 0) is 24.3 Å². The molecule has 0 saturated heterocycles. The van der Waals surface area contributed by atoms with Crippen LogP contribution >= 0.6 is 0 Å². The first-order chi connectivity index (χ1) is 7.20. The highest BCUT2D eigenvalue weighted by atomic mass is 19.1. The molecule has 1 heterocycles. The van der Waals surface area contributed by atoms with Gasteiger partial charge in [0.25, 0.3) is 0 Å². The zero-order chi connectivity index (χ0) is 10.8. The molecular formula is C11H8FNO2. The Labute approximate surface area is 85.4 Å². The van der Waals surface area contributed by atoms with Crippen LogP contribution in [0.2, 0.25) is 0 Å². The van der Waals surface area contributed by atoms with Gasteiger partial charge in [-0.1, -0.05) is 6.07 Å². The molecule has 3 nitrogen and oxygen atoms in total. The minimum absolute atomic E-state index is 0.236. The van der Waals surface area contributed by atoms with Crippen molar-refractivity contribution in [2.75, 3.05) is 0 Å². The summed E-state index contributed by atoms with van der Waals surface area (Å²) >= 11 is 0. The standard InChI is InChI=1S/C11H8FNO2/c12-10-8(11(14)15)4-3-5-9(10)13-6-1-2-7-13/h1-7H,(H,14,15). The number of aromatic nitrogens is 1. The summed E-state index contributed by atoms with van der Waals surface area (Å²) in [6.07, 6.45) is 3.31. The van der Waals surface area contributed by atoms with E-state index in [4.69, 9.17) is 5.11 Å². The minimum atomic E-state index is -1.26. The van der Waals surface area contributed by atoms with Gasteiger partial charge in [-0.3, -0.25) is 0 Å². The van der Waals surface area contributed by atoms with Crippen molar-refractivity contribution in [3.8, 4) is 5.69 Å². The lowest BCUT2D eigenvalue weighted by Crippen LogP contribution is -2.04. The van der Waals surface area contributed by atoms with Crippen LogP contribution in [0.25, 0.3) is 5.69 Å². The van der Waals surface area contributed by atoms with Gasteiger partial charge in [-0.2, -0.15) is 0 Å². The molecule has 0 unspecified atom stereocenters. The van der Waals surface area contributed by atoms with Crippen molar-refractivity contribution in [2.45, 2.75) is 0 Å². The Bertz CT molecular complexity index is 491. The van der Waals surface area contributed by atoms with Crippen molar-refractivity contribution >= 4 is 5.97 Å². The van der Waals surface area contributed by atoms with Gasteiger partial charge in [0.05, 0.1) is 11.3 Å². The Morgan fingerprint density at radius 1 is 1.20 bits per heavy atom. The van der Waals surface area contributed by atoms with Gasteiger partial charge in [0, 0.05) is 12.4 Å². The number of carboxylic acid groups (broad SMARTS) is 1. The number of carboxylic acids is 1. The Morgan fingerprint density at radius 2 is 1.87 bits per heavy atom. The first kappa shape index (κ1) is 9.45. The van der Waals surface area contributed by atoms with Gasteiger partial charge in [0.1, 0.15) is 0 Å². The van der Waals surface area contributed by atoms with E-state index in [9.17, 15) is 9.18 Å². The first-order valence-corrected chi connectivity index (χ1v) is 4.35. The van der Waals surface area contributed by atoms with E-state index >= 15 is 0 Å². The topological polar surface area (TPSA) is 42.2 Å². The van der Waals surface area contributed by atoms with Crippen molar-refractivity contribution in [1.29, 1.82) is 0 Å². The quantitative estimate of drug-likeness (QED) is 0.817. The summed E-state index contributed by atoms with van der Waals surface area (Å²) in [7, 11) is 0. The summed E-state index contributed by atoms with van der Waals surface area (Å²) in [5, 5.41) is 8.74. The van der Waals surface area contributed by atoms with Crippen molar-refractivity contribution in [3.05, 3.63) is 54.1 Å². The Kier molecular flexibility index (Phi) is 2.25. The van der Waals surface area contributed by atoms with Crippen molar-refractivity contribution in [3.63, 3.8) is 0 Å². The second-order valence-electron chi connectivity index (χ2n) is 3.03. The van der Waals surface area contributed by atoms with E-state index < -0.39 is 11.8 Å². The number of aromatic carboxylic acids is 1. The summed E-state index contributed by atoms with van der Waals surface area (Å²) in [4.78, 5) is 10.7. The SMILES string of the molecule is O=C(O)c1cccc(-n2cccc2)c1F. The zero-order valence-electron chi connectivity index (χ0n) is 7.72. The Morgan fingerprint density at radius 3 is 2.47 bits per heavy atom. The molecule has 0 radical (unpaired) electrons. The molecule has 1 aromatic carbocycles. The first-order valence-electron chi connectivity index (χ1n) is 4.35. The third-order valence-corrected chi connectivity index (χ3v) is 2.09. The normalized spacial score (nSPS) is 10.2. The molecule has 0 amide bonds. The molecule has 0 atom stereocenters. The third kappa shape index (κ3) is 1.61. The van der Waals surface area contributed by atoms with E-state index in [1.54, 1.807) is 24.5 Å². The fourth-order valence-corrected chi connectivity index (χ4v) is 1.38. The molecule has 0 bridgehead atoms. The monoisotopic (exact) mass is 205 g/mol. The number of halogens is 1. The molecule has 0 aliphatic rings. The Hall–Kier alpha value is -2.10. The van der Waals surface area contributed by atoms with Crippen molar-refractivity contribution in [1.82, 2.24) is 4.57 Å². The maximum Gasteiger partial charge on any atom is 0.338 e. The maximum atomic E-state index is 13.7. The van der Waals surface area contributed by atoms with Gasteiger partial charge in [-0.15, -0.1) is 0 Å². The summed E-state index contributed by atoms with van der Waals surface area (Å²) in [5.41, 5.74) is -0.0823. The highest BCUT2D eigenvalue weighted by Crippen LogP contribution is 2.17. The van der Waals surface area contributed by atoms with Crippen molar-refractivity contribution < 1.29 is 14.3 Å². The molecule has 1 aromatic heterocycles. The Balaban J connectivity index is 2.59. The highest BCUT2D eigenvalue weighted by molar-refractivity contribution is 5.88. The minimum Gasteiger partial charge on any atom is -0.478 e. The number of benzene rings is 1. The van der Waals surface area contributed by atoms with E-state index in [1.807, 2.05) is 0 Å². The lowest BCUT2D eigenvalue weighted by molar-refractivity contribution is 0.0692. The third-order valence-electron chi connectivity index (χ3n) is 2.09. The van der Waals surface area contributed by atoms with E-state index in [-0.39, 0.29) is 11.3 Å². The van der Waals surface area contributed by atoms with E-state index in [0.717, 1.165) is 0 Å². The van der Waals surface area contributed by atoms with Gasteiger partial charge >= 0.3 is 5.97 Å². The lowest BCUT2D eigenvalue weighted by atomic mass is 10.2. The highest BCUT2D eigenvalue weighted by Gasteiger charge is 2.13. The second kappa shape index (κ2) is 3.57. The van der Waals surface area contributed by atoms with E-state index in [2.05, 4.69) is 0 Å². The predicted molar refractivity (Wildman–Crippen MR) is 52.7 cm³/mol. The zero-order valence-corrected chi connectivity index (χ0v) is 7.72. The number of hydrogen-bond acceptors (Lipinski definition) is 1. The van der Waals surface area contributed by atoms with Crippen LogP contribution in [0.5, 0.6) is 0 Å². The number of hydrogen-bond donors (Lipinski definition) is 1. The fraction of sp³-hybridized carbons (Fsp3) is 0. The fourth-order valence-electron chi connectivity index (χ4n) is 1.38. The smallest absolute Gasteiger partial charge is 0.338 e. The molecule has 76 valence electrons. The second-order valence-corrected chi connectivity index (χ2v) is 3.03. The number of rotatable bonds is 2. The average molecular weight is 205 g/mol. The molecule has 0 spiro atoms. The summed E-state index contributed by atoms with van der Waals surface area (Å²) in [6.45, 7) is 0. The van der Waals surface area contributed by atoms with Crippen LogP contribution in [-0.2, 0) is 0 Å². The van der Waals surface area contributed by atoms with Crippen LogP contribution < -0.4 is 0 Å². The predicted octanol–water partition coefficient (Wildman–Crippen LogP) is 2.31. The van der Waals surface area contributed by atoms with Crippen LogP contribution in [0, 0.1) is 5.82 Å². The summed E-state index contributed by atoms with van der Waals surface area (Å²) < 4.78 is 15.2. The van der Waals surface area contributed by atoms with Crippen molar-refractivity contribution in [2.24, 2.45) is 0 Å². The molecule has 0 aliphatic carbocycles. The molecule has 4 heteroatoms. The average Bonchev–Trinajstić information content (AvgIpc) is 2.70. The van der Waals surface area contributed by atoms with Crippen LogP contribution in [0.3, 0.4) is 0 Å². The van der Waals surface area contributed by atoms with Gasteiger partial charge in [-0.25, -0.2) is 9.18 Å².